The van der Waals surface area contributed by atoms with Crippen LogP contribution in [0.2, 0.25) is 0 Å². The van der Waals surface area contributed by atoms with E-state index in [9.17, 15) is 0 Å². The Balaban J connectivity index is 0.916. The quantitative estimate of drug-likeness (QED) is 0.145. The Morgan fingerprint density at radius 3 is 1.25 bits per heavy atom. The lowest BCUT2D eigenvalue weighted by molar-refractivity contribution is 0.768. The van der Waals surface area contributed by atoms with Gasteiger partial charge in [-0.05, 0) is 108 Å². The first-order valence-corrected chi connectivity index (χ1v) is 22.7. The maximum atomic E-state index is 5.09. The second-order valence-electron chi connectivity index (χ2n) is 17.0. The monoisotopic (exact) mass is 854 g/mol. The van der Waals surface area contributed by atoms with Crippen molar-refractivity contribution in [2.24, 2.45) is 0 Å². The fourth-order valence-electron chi connectivity index (χ4n) is 10.0. The van der Waals surface area contributed by atoms with Crippen LogP contribution in [0.3, 0.4) is 0 Å². The van der Waals surface area contributed by atoms with Gasteiger partial charge in [0.25, 0.3) is 0 Å². The van der Waals surface area contributed by atoms with Gasteiger partial charge in [-0.3, -0.25) is 4.98 Å². The smallest absolute Gasteiger partial charge is 0.164 e. The van der Waals surface area contributed by atoms with E-state index in [1.807, 2.05) is 54.9 Å². The van der Waals surface area contributed by atoms with E-state index in [0.29, 0.717) is 17.5 Å². The molecule has 314 valence electrons. The molecule has 0 spiro atoms. The molecule has 0 saturated heterocycles. The van der Waals surface area contributed by atoms with Crippen LogP contribution >= 0.6 is 0 Å². The van der Waals surface area contributed by atoms with Crippen molar-refractivity contribution in [1.82, 2.24) is 19.9 Å². The van der Waals surface area contributed by atoms with E-state index in [1.54, 1.807) is 0 Å². The molecule has 2 aromatic heterocycles. The van der Waals surface area contributed by atoms with E-state index in [0.717, 1.165) is 50.1 Å². The molecule has 1 aliphatic rings. The van der Waals surface area contributed by atoms with Crippen LogP contribution in [0.25, 0.3) is 89.8 Å². The second kappa shape index (κ2) is 16.9. The molecule has 4 nitrogen and oxygen atoms in total. The third-order valence-corrected chi connectivity index (χ3v) is 13.1. The minimum Gasteiger partial charge on any atom is -0.265 e. The highest BCUT2D eigenvalue weighted by Crippen LogP contribution is 2.58. The van der Waals surface area contributed by atoms with Gasteiger partial charge in [-0.25, -0.2) is 15.0 Å². The maximum Gasteiger partial charge on any atom is 0.164 e. The lowest BCUT2D eigenvalue weighted by Gasteiger charge is -2.34. The van der Waals surface area contributed by atoms with Crippen molar-refractivity contribution in [3.05, 3.63) is 277 Å². The van der Waals surface area contributed by atoms with Gasteiger partial charge in [-0.15, -0.1) is 0 Å². The number of pyridine rings is 1. The van der Waals surface area contributed by atoms with Crippen LogP contribution in [-0.2, 0) is 5.41 Å². The van der Waals surface area contributed by atoms with Gasteiger partial charge in [0.05, 0.1) is 5.41 Å². The van der Waals surface area contributed by atoms with Gasteiger partial charge < -0.3 is 0 Å². The maximum absolute atomic E-state index is 5.09. The fraction of sp³-hybridized carbons (Fsp3) is 0.0159. The topological polar surface area (TPSA) is 51.6 Å². The third kappa shape index (κ3) is 7.13. The Morgan fingerprint density at radius 2 is 0.642 bits per heavy atom. The van der Waals surface area contributed by atoms with Gasteiger partial charge in [-0.1, -0.05) is 212 Å². The van der Waals surface area contributed by atoms with Gasteiger partial charge in [0.15, 0.2) is 17.5 Å². The van der Waals surface area contributed by atoms with Crippen LogP contribution in [-0.4, -0.2) is 19.9 Å². The summed E-state index contributed by atoms with van der Waals surface area (Å²) in [7, 11) is 0. The van der Waals surface area contributed by atoms with Crippen molar-refractivity contribution < 1.29 is 0 Å². The molecule has 12 rings (SSSR count). The number of aromatic nitrogens is 4. The number of benzene rings is 9. The fourth-order valence-corrected chi connectivity index (χ4v) is 10.0. The predicted molar refractivity (Wildman–Crippen MR) is 273 cm³/mol. The average Bonchev–Trinajstić information content (AvgIpc) is 3.73. The lowest BCUT2D eigenvalue weighted by atomic mass is 9.67. The number of hydrogen-bond donors (Lipinski definition) is 0. The molecule has 11 aromatic rings. The summed E-state index contributed by atoms with van der Waals surface area (Å²) in [5.74, 6) is 1.87. The Hall–Kier alpha value is -8.86. The zero-order valence-electron chi connectivity index (χ0n) is 36.5. The summed E-state index contributed by atoms with van der Waals surface area (Å²) in [5, 5.41) is 0. The van der Waals surface area contributed by atoms with Crippen LogP contribution in [0, 0.1) is 0 Å². The molecule has 0 saturated carbocycles. The van der Waals surface area contributed by atoms with E-state index >= 15 is 0 Å². The third-order valence-electron chi connectivity index (χ3n) is 13.1. The highest BCUT2D eigenvalue weighted by atomic mass is 15.0. The standard InChI is InChI=1S/C63H42N4/c1-4-16-45(17-5-1)60-65-61(46-34-32-43(33-35-46)44-36-38-64-39-37-44)67-62(66-60)52-23-14-21-50(42-52)48-19-12-18-47(40-48)49-20-13-22-51(41-49)55-29-15-31-58-59(55)56-28-10-11-30-57(56)63(58,53-24-6-2-7-25-53)54-26-8-3-9-27-54/h1-42H. The van der Waals surface area contributed by atoms with Crippen LogP contribution in [0.15, 0.2) is 255 Å². The van der Waals surface area contributed by atoms with E-state index in [-0.39, 0.29) is 0 Å². The van der Waals surface area contributed by atoms with Crippen molar-refractivity contribution in [2.75, 3.05) is 0 Å². The first kappa shape index (κ1) is 39.7. The molecule has 0 fully saturated rings. The van der Waals surface area contributed by atoms with Crippen LogP contribution in [0.1, 0.15) is 22.3 Å². The summed E-state index contributed by atoms with van der Waals surface area (Å²) >= 11 is 0. The molecule has 1 aliphatic carbocycles. The summed E-state index contributed by atoms with van der Waals surface area (Å²) in [5.41, 5.74) is 19.1. The summed E-state index contributed by atoms with van der Waals surface area (Å²) in [4.78, 5) is 19.3. The van der Waals surface area contributed by atoms with Gasteiger partial charge >= 0.3 is 0 Å². The molecule has 0 amide bonds. The molecule has 67 heavy (non-hydrogen) atoms. The number of nitrogens with zero attached hydrogens (tertiary/aromatic N) is 4. The van der Waals surface area contributed by atoms with Gasteiger partial charge in [-0.2, -0.15) is 0 Å². The van der Waals surface area contributed by atoms with E-state index in [2.05, 4.69) is 205 Å². The van der Waals surface area contributed by atoms with Gasteiger partial charge in [0.1, 0.15) is 0 Å². The number of fused-ring (bicyclic) bond motifs is 3. The van der Waals surface area contributed by atoms with Gasteiger partial charge in [0.2, 0.25) is 0 Å². The Bertz CT molecular complexity index is 3510. The van der Waals surface area contributed by atoms with Gasteiger partial charge in [0, 0.05) is 29.1 Å². The molecular weight excluding hydrogens is 813 g/mol. The SMILES string of the molecule is c1ccc(-c2nc(-c3ccc(-c4ccncc4)cc3)nc(-c3cccc(-c4cccc(-c5cccc(-c6cccc7c6-c6ccccc6C7(c6ccccc6)c6ccccc6)c5)c4)c3)n2)cc1. The molecule has 0 atom stereocenters. The minimum atomic E-state index is -0.455. The molecule has 4 heteroatoms. The normalized spacial score (nSPS) is 12.3. The Kier molecular flexibility index (Phi) is 10.0. The zero-order valence-corrected chi connectivity index (χ0v) is 36.5. The molecule has 0 radical (unpaired) electrons. The molecule has 9 aromatic carbocycles. The van der Waals surface area contributed by atoms with Crippen molar-refractivity contribution >= 4 is 0 Å². The summed E-state index contributed by atoms with van der Waals surface area (Å²) in [6, 6.07) is 86.7. The van der Waals surface area contributed by atoms with E-state index < -0.39 is 5.41 Å². The van der Waals surface area contributed by atoms with Crippen molar-refractivity contribution in [3.8, 4) is 89.8 Å². The number of hydrogen-bond acceptors (Lipinski definition) is 4. The Labute approximate surface area is 390 Å². The number of rotatable bonds is 9. The molecule has 2 heterocycles. The highest BCUT2D eigenvalue weighted by molar-refractivity contribution is 5.96. The first-order chi connectivity index (χ1) is 33.2. The summed E-state index contributed by atoms with van der Waals surface area (Å²) < 4.78 is 0. The first-order valence-electron chi connectivity index (χ1n) is 22.7. The van der Waals surface area contributed by atoms with E-state index in [4.69, 9.17) is 15.0 Å². The highest BCUT2D eigenvalue weighted by Gasteiger charge is 2.46. The minimum absolute atomic E-state index is 0.455. The zero-order chi connectivity index (χ0) is 44.6. The van der Waals surface area contributed by atoms with Crippen LogP contribution in [0.5, 0.6) is 0 Å². The molecule has 0 bridgehead atoms. The summed E-state index contributed by atoms with van der Waals surface area (Å²) in [6.07, 6.45) is 3.62. The predicted octanol–water partition coefficient (Wildman–Crippen LogP) is 15.3. The second-order valence-corrected chi connectivity index (χ2v) is 17.0. The summed E-state index contributed by atoms with van der Waals surface area (Å²) in [6.45, 7) is 0. The van der Waals surface area contributed by atoms with Crippen molar-refractivity contribution in [2.45, 2.75) is 5.41 Å². The molecule has 0 unspecified atom stereocenters. The van der Waals surface area contributed by atoms with Crippen LogP contribution < -0.4 is 0 Å². The Morgan fingerprint density at radius 1 is 0.254 bits per heavy atom. The van der Waals surface area contributed by atoms with Crippen molar-refractivity contribution in [3.63, 3.8) is 0 Å². The van der Waals surface area contributed by atoms with E-state index in [1.165, 1.54) is 44.5 Å². The molecular formula is C63H42N4. The largest absolute Gasteiger partial charge is 0.265 e. The lowest BCUT2D eigenvalue weighted by Crippen LogP contribution is -2.28. The molecule has 0 N–H and O–H groups in total. The van der Waals surface area contributed by atoms with Crippen LogP contribution in [0.4, 0.5) is 0 Å². The van der Waals surface area contributed by atoms with Crippen molar-refractivity contribution in [1.29, 1.82) is 0 Å². The average molecular weight is 855 g/mol. The molecule has 0 aliphatic heterocycles.